The van der Waals surface area contributed by atoms with Crippen LogP contribution in [-0.2, 0) is 19.5 Å². The minimum atomic E-state index is 0. The number of nitrogens with one attached hydrogen (secondary N) is 2. The highest BCUT2D eigenvalue weighted by atomic mass is 127. The van der Waals surface area contributed by atoms with Crippen LogP contribution in [0.5, 0.6) is 5.75 Å². The Kier molecular flexibility index (Phi) is 10.0. The van der Waals surface area contributed by atoms with Crippen molar-refractivity contribution in [2.75, 3.05) is 20.2 Å². The summed E-state index contributed by atoms with van der Waals surface area (Å²) in [6.07, 6.45) is 4.46. The van der Waals surface area contributed by atoms with E-state index in [1.165, 1.54) is 0 Å². The molecule has 0 aliphatic carbocycles. The van der Waals surface area contributed by atoms with Crippen LogP contribution in [0.25, 0.3) is 0 Å². The molecule has 0 saturated carbocycles. The molecule has 0 unspecified atom stereocenters. The van der Waals surface area contributed by atoms with E-state index in [1.54, 1.807) is 13.4 Å². The fourth-order valence-electron chi connectivity index (χ4n) is 2.76. The Morgan fingerprint density at radius 2 is 2.04 bits per heavy atom. The number of halogens is 1. The lowest BCUT2D eigenvalue weighted by Crippen LogP contribution is -2.39. The summed E-state index contributed by atoms with van der Waals surface area (Å²) in [5, 5.41) is 14.7. The predicted molar refractivity (Wildman–Crippen MR) is 118 cm³/mol. The van der Waals surface area contributed by atoms with E-state index in [4.69, 9.17) is 4.74 Å². The quantitative estimate of drug-likeness (QED) is 0.337. The van der Waals surface area contributed by atoms with E-state index in [2.05, 4.69) is 37.7 Å². The second kappa shape index (κ2) is 11.7. The number of methoxy groups -OCH3 is 1. The molecular formula is C18H30IN7O. The molecule has 2 heterocycles. The van der Waals surface area contributed by atoms with Crippen LogP contribution < -0.4 is 15.4 Å². The van der Waals surface area contributed by atoms with Crippen molar-refractivity contribution in [3.63, 3.8) is 0 Å². The number of hydrogen-bond acceptors (Lipinski definition) is 5. The van der Waals surface area contributed by atoms with Gasteiger partial charge in [0.15, 0.2) is 5.96 Å². The molecule has 0 amide bonds. The van der Waals surface area contributed by atoms with Gasteiger partial charge in [0, 0.05) is 43.4 Å². The Balaban J connectivity index is 0.00000364. The summed E-state index contributed by atoms with van der Waals surface area (Å²) in [4.78, 5) is 9.15. The fraction of sp³-hybridized carbons (Fsp3) is 0.556. The summed E-state index contributed by atoms with van der Waals surface area (Å²) >= 11 is 0. The molecule has 0 saturated heterocycles. The van der Waals surface area contributed by atoms with Crippen molar-refractivity contribution in [1.82, 2.24) is 30.4 Å². The molecule has 27 heavy (non-hydrogen) atoms. The topological polar surface area (TPSA) is 89.3 Å². The monoisotopic (exact) mass is 487 g/mol. The Morgan fingerprint density at radius 1 is 1.26 bits per heavy atom. The van der Waals surface area contributed by atoms with Crippen molar-refractivity contribution in [2.24, 2.45) is 4.99 Å². The number of rotatable bonds is 8. The van der Waals surface area contributed by atoms with Crippen LogP contribution in [0.3, 0.4) is 0 Å². The van der Waals surface area contributed by atoms with Gasteiger partial charge in [-0.15, -0.1) is 34.2 Å². The van der Waals surface area contributed by atoms with Crippen molar-refractivity contribution in [1.29, 1.82) is 0 Å². The number of aromatic nitrogens is 4. The van der Waals surface area contributed by atoms with Gasteiger partial charge in [0.1, 0.15) is 17.9 Å². The molecule has 150 valence electrons. The molecule has 0 atom stereocenters. The van der Waals surface area contributed by atoms with Gasteiger partial charge in [-0.2, -0.15) is 0 Å². The second-order valence-corrected chi connectivity index (χ2v) is 5.96. The lowest BCUT2D eigenvalue weighted by Gasteiger charge is -2.14. The van der Waals surface area contributed by atoms with Gasteiger partial charge in [-0.1, -0.05) is 6.92 Å². The number of ether oxygens (including phenoxy) is 1. The van der Waals surface area contributed by atoms with Crippen LogP contribution in [0.4, 0.5) is 0 Å². The average Bonchev–Trinajstić information content (AvgIpc) is 3.09. The molecule has 0 aliphatic rings. The Morgan fingerprint density at radius 3 is 2.70 bits per heavy atom. The molecule has 0 bridgehead atoms. The normalized spacial score (nSPS) is 11.1. The van der Waals surface area contributed by atoms with Crippen molar-refractivity contribution in [2.45, 2.75) is 47.2 Å². The third-order valence-electron chi connectivity index (χ3n) is 4.14. The van der Waals surface area contributed by atoms with Gasteiger partial charge in [-0.3, -0.25) is 4.98 Å². The highest BCUT2D eigenvalue weighted by molar-refractivity contribution is 14.0. The highest BCUT2D eigenvalue weighted by Crippen LogP contribution is 2.24. The molecule has 2 aromatic rings. The molecular weight excluding hydrogens is 457 g/mol. The minimum absolute atomic E-state index is 0. The lowest BCUT2D eigenvalue weighted by atomic mass is 10.1. The van der Waals surface area contributed by atoms with Crippen LogP contribution >= 0.6 is 24.0 Å². The zero-order chi connectivity index (χ0) is 18.9. The standard InChI is InChI=1S/C18H29N7O.HI/c1-6-16-24-23-12-25(16)9-8-20-18(19-7-2)22-11-15-14(4)17(26-5)13(3)10-21-15;/h10,12H,6-9,11H2,1-5H3,(H2,19,20,22);1H. The number of pyridine rings is 1. The van der Waals surface area contributed by atoms with Gasteiger partial charge in [0.25, 0.3) is 0 Å². The van der Waals surface area contributed by atoms with E-state index in [0.717, 1.165) is 60.4 Å². The van der Waals surface area contributed by atoms with Gasteiger partial charge < -0.3 is 19.9 Å². The molecule has 0 radical (unpaired) electrons. The summed E-state index contributed by atoms with van der Waals surface area (Å²) in [5.74, 6) is 2.63. The SMILES string of the molecule is CCNC(=NCc1ncc(C)c(OC)c1C)NCCn1cnnc1CC.I. The molecule has 0 spiro atoms. The van der Waals surface area contributed by atoms with Gasteiger partial charge in [-0.05, 0) is 20.8 Å². The zero-order valence-electron chi connectivity index (χ0n) is 16.7. The smallest absolute Gasteiger partial charge is 0.191 e. The van der Waals surface area contributed by atoms with E-state index < -0.39 is 0 Å². The third-order valence-corrected chi connectivity index (χ3v) is 4.14. The van der Waals surface area contributed by atoms with Gasteiger partial charge in [0.2, 0.25) is 0 Å². The molecule has 0 aromatic carbocycles. The van der Waals surface area contributed by atoms with Crippen molar-refractivity contribution < 1.29 is 4.74 Å². The van der Waals surface area contributed by atoms with E-state index in [9.17, 15) is 0 Å². The largest absolute Gasteiger partial charge is 0.496 e. The summed E-state index contributed by atoms with van der Waals surface area (Å²) in [5.41, 5.74) is 2.98. The van der Waals surface area contributed by atoms with E-state index in [-0.39, 0.29) is 24.0 Å². The summed E-state index contributed by atoms with van der Waals surface area (Å²) in [6.45, 7) is 10.9. The summed E-state index contributed by atoms with van der Waals surface area (Å²) < 4.78 is 7.51. The van der Waals surface area contributed by atoms with Crippen LogP contribution in [0.2, 0.25) is 0 Å². The minimum Gasteiger partial charge on any atom is -0.496 e. The highest BCUT2D eigenvalue weighted by Gasteiger charge is 2.09. The lowest BCUT2D eigenvalue weighted by molar-refractivity contribution is 0.407. The number of aliphatic imine (C=N–C) groups is 1. The van der Waals surface area contributed by atoms with Crippen molar-refractivity contribution in [3.05, 3.63) is 35.2 Å². The molecule has 2 N–H and O–H groups in total. The molecule has 0 aliphatic heterocycles. The third kappa shape index (κ3) is 6.33. The van der Waals surface area contributed by atoms with E-state index in [1.807, 2.05) is 31.5 Å². The number of hydrogen-bond donors (Lipinski definition) is 2. The summed E-state index contributed by atoms with van der Waals surface area (Å²) in [7, 11) is 1.68. The van der Waals surface area contributed by atoms with Gasteiger partial charge in [-0.25, -0.2) is 4.99 Å². The Hall–Kier alpha value is -1.91. The van der Waals surface area contributed by atoms with Crippen molar-refractivity contribution in [3.8, 4) is 5.75 Å². The van der Waals surface area contributed by atoms with Crippen LogP contribution in [0, 0.1) is 13.8 Å². The van der Waals surface area contributed by atoms with Gasteiger partial charge in [0.05, 0.1) is 19.3 Å². The summed E-state index contributed by atoms with van der Waals surface area (Å²) in [6, 6.07) is 0. The maximum Gasteiger partial charge on any atom is 0.191 e. The number of guanidine groups is 1. The van der Waals surface area contributed by atoms with Crippen molar-refractivity contribution >= 4 is 29.9 Å². The average molecular weight is 487 g/mol. The van der Waals surface area contributed by atoms with E-state index in [0.29, 0.717) is 6.54 Å². The first-order chi connectivity index (χ1) is 12.6. The first-order valence-corrected chi connectivity index (χ1v) is 8.98. The zero-order valence-corrected chi connectivity index (χ0v) is 19.1. The molecule has 2 aromatic heterocycles. The molecule has 8 nitrogen and oxygen atoms in total. The van der Waals surface area contributed by atoms with Crippen LogP contribution in [0.15, 0.2) is 17.5 Å². The maximum atomic E-state index is 5.46. The number of aryl methyl sites for hydroxylation is 2. The second-order valence-electron chi connectivity index (χ2n) is 5.96. The Bertz CT molecular complexity index is 745. The molecule has 2 rings (SSSR count). The predicted octanol–water partition coefficient (Wildman–Crippen LogP) is 2.23. The molecule has 9 heteroatoms. The maximum absolute atomic E-state index is 5.46. The van der Waals surface area contributed by atoms with E-state index >= 15 is 0 Å². The van der Waals surface area contributed by atoms with Crippen LogP contribution in [0.1, 0.15) is 36.5 Å². The fourth-order valence-corrected chi connectivity index (χ4v) is 2.76. The first kappa shape index (κ1) is 23.1. The number of nitrogens with zero attached hydrogens (tertiary/aromatic N) is 5. The van der Waals surface area contributed by atoms with Gasteiger partial charge >= 0.3 is 0 Å². The van der Waals surface area contributed by atoms with Crippen LogP contribution in [-0.4, -0.2) is 45.9 Å². The Labute approximate surface area is 178 Å². The molecule has 0 fully saturated rings. The first-order valence-electron chi connectivity index (χ1n) is 8.98.